The van der Waals surface area contributed by atoms with Crippen LogP contribution in [0.5, 0.6) is 0 Å². The highest BCUT2D eigenvalue weighted by Crippen LogP contribution is 2.25. The van der Waals surface area contributed by atoms with Gasteiger partial charge < -0.3 is 10.5 Å². The van der Waals surface area contributed by atoms with Crippen LogP contribution in [-0.4, -0.2) is 66.2 Å². The molecule has 1 aromatic rings. The average molecular weight is 315 g/mol. The van der Waals surface area contributed by atoms with E-state index in [2.05, 4.69) is 5.10 Å². The molecule has 0 aromatic carbocycles. The van der Waals surface area contributed by atoms with Crippen molar-refractivity contribution in [3.63, 3.8) is 0 Å². The number of morpholine rings is 1. The zero-order chi connectivity index (χ0) is 14.9. The number of hydrogen-bond acceptors (Lipinski definition) is 5. The lowest BCUT2D eigenvalue weighted by Gasteiger charge is -2.36. The summed E-state index contributed by atoms with van der Waals surface area (Å²) < 4.78 is 35.2. The van der Waals surface area contributed by atoms with Gasteiger partial charge in [0.15, 0.2) is 0 Å². The van der Waals surface area contributed by atoms with Crippen LogP contribution in [0.3, 0.4) is 0 Å². The number of rotatable bonds is 3. The lowest BCUT2D eigenvalue weighted by molar-refractivity contribution is 0.0693. The summed E-state index contributed by atoms with van der Waals surface area (Å²) in [5.41, 5.74) is 5.62. The van der Waals surface area contributed by atoms with E-state index in [-0.39, 0.29) is 6.04 Å². The monoisotopic (exact) mass is 315 g/mol. The third kappa shape index (κ3) is 3.05. The summed E-state index contributed by atoms with van der Waals surface area (Å²) >= 11 is 0. The Morgan fingerprint density at radius 1 is 1.14 bits per heavy atom. The maximum atomic E-state index is 12.5. The van der Waals surface area contributed by atoms with Gasteiger partial charge in [0, 0.05) is 32.4 Å². The molecule has 3 heterocycles. The second-order valence-corrected chi connectivity index (χ2v) is 7.30. The first-order valence-electron chi connectivity index (χ1n) is 7.21. The number of nitrogen functional groups attached to an aromatic ring is 1. The fraction of sp³-hybridized carbons (Fsp3) is 0.750. The minimum absolute atomic E-state index is 0.221. The van der Waals surface area contributed by atoms with Crippen molar-refractivity contribution in [3.8, 4) is 0 Å². The van der Waals surface area contributed by atoms with Gasteiger partial charge in [-0.2, -0.15) is 22.1 Å². The lowest BCUT2D eigenvalue weighted by Crippen LogP contribution is -2.50. The predicted molar refractivity (Wildman–Crippen MR) is 77.8 cm³/mol. The molecule has 2 saturated heterocycles. The number of anilines is 1. The molecule has 3 rings (SSSR count). The normalized spacial score (nSPS) is 23.4. The highest BCUT2D eigenvalue weighted by molar-refractivity contribution is 7.86. The molecule has 9 heteroatoms. The molecule has 0 spiro atoms. The summed E-state index contributed by atoms with van der Waals surface area (Å²) in [4.78, 5) is 0. The van der Waals surface area contributed by atoms with E-state index in [4.69, 9.17) is 10.5 Å². The van der Waals surface area contributed by atoms with Gasteiger partial charge in [-0.15, -0.1) is 0 Å². The van der Waals surface area contributed by atoms with Gasteiger partial charge in [0.1, 0.15) is 5.82 Å². The van der Waals surface area contributed by atoms with E-state index in [0.717, 1.165) is 12.8 Å². The Bertz CT molecular complexity index is 573. The first-order valence-corrected chi connectivity index (χ1v) is 8.60. The van der Waals surface area contributed by atoms with Crippen molar-refractivity contribution in [2.75, 3.05) is 45.1 Å². The molecule has 1 aromatic heterocycles. The Hall–Kier alpha value is -1.16. The largest absolute Gasteiger partial charge is 0.382 e. The van der Waals surface area contributed by atoms with Crippen LogP contribution in [-0.2, 0) is 14.9 Å². The number of nitrogens with zero attached hydrogens (tertiary/aromatic N) is 4. The molecule has 0 aliphatic carbocycles. The van der Waals surface area contributed by atoms with E-state index in [0.29, 0.717) is 45.2 Å². The Morgan fingerprint density at radius 3 is 2.33 bits per heavy atom. The fourth-order valence-electron chi connectivity index (χ4n) is 2.83. The van der Waals surface area contributed by atoms with Crippen molar-refractivity contribution < 1.29 is 13.2 Å². The van der Waals surface area contributed by atoms with Gasteiger partial charge in [-0.3, -0.25) is 4.68 Å². The van der Waals surface area contributed by atoms with Crippen LogP contribution in [0.2, 0.25) is 0 Å². The summed E-state index contributed by atoms with van der Waals surface area (Å²) in [6.45, 7) is 2.87. The van der Waals surface area contributed by atoms with Gasteiger partial charge in [0.25, 0.3) is 10.2 Å². The van der Waals surface area contributed by atoms with E-state index < -0.39 is 10.2 Å². The highest BCUT2D eigenvalue weighted by atomic mass is 32.2. The summed E-state index contributed by atoms with van der Waals surface area (Å²) in [6, 6.07) is 1.98. The smallest absolute Gasteiger partial charge is 0.282 e. The van der Waals surface area contributed by atoms with Crippen LogP contribution in [0.4, 0.5) is 5.82 Å². The lowest BCUT2D eigenvalue weighted by atomic mass is 10.1. The molecule has 0 bridgehead atoms. The molecule has 0 unspecified atom stereocenters. The van der Waals surface area contributed by atoms with E-state index in [1.54, 1.807) is 10.4 Å². The fourth-order valence-corrected chi connectivity index (χ4v) is 4.44. The average Bonchev–Trinajstić information content (AvgIpc) is 2.95. The van der Waals surface area contributed by atoms with Crippen molar-refractivity contribution in [1.82, 2.24) is 18.4 Å². The van der Waals surface area contributed by atoms with Gasteiger partial charge in [-0.1, -0.05) is 0 Å². The van der Waals surface area contributed by atoms with E-state index in [1.807, 2.05) is 10.9 Å². The zero-order valence-electron chi connectivity index (χ0n) is 11.9. The van der Waals surface area contributed by atoms with E-state index in [1.165, 1.54) is 4.31 Å². The molecule has 118 valence electrons. The summed E-state index contributed by atoms with van der Waals surface area (Å²) in [5, 5.41) is 4.21. The summed E-state index contributed by atoms with van der Waals surface area (Å²) in [7, 11) is -3.35. The van der Waals surface area contributed by atoms with Gasteiger partial charge in [0.2, 0.25) is 0 Å². The summed E-state index contributed by atoms with van der Waals surface area (Å²) in [5.74, 6) is 0.498. The summed E-state index contributed by atoms with van der Waals surface area (Å²) in [6.07, 6.45) is 3.36. The molecular weight excluding hydrogens is 294 g/mol. The van der Waals surface area contributed by atoms with Crippen molar-refractivity contribution in [3.05, 3.63) is 12.3 Å². The Morgan fingerprint density at radius 2 is 1.76 bits per heavy atom. The van der Waals surface area contributed by atoms with E-state index in [9.17, 15) is 8.42 Å². The first-order chi connectivity index (χ1) is 10.1. The molecular formula is C12H21N5O3S. The molecule has 21 heavy (non-hydrogen) atoms. The van der Waals surface area contributed by atoms with Crippen LogP contribution in [0.1, 0.15) is 18.9 Å². The Kier molecular flexibility index (Phi) is 4.16. The molecule has 0 amide bonds. The van der Waals surface area contributed by atoms with Crippen LogP contribution < -0.4 is 5.73 Å². The van der Waals surface area contributed by atoms with E-state index >= 15 is 0 Å². The maximum absolute atomic E-state index is 12.5. The number of piperidine rings is 1. The molecule has 2 aliphatic rings. The molecule has 2 fully saturated rings. The molecule has 0 saturated carbocycles. The number of hydrogen-bond donors (Lipinski definition) is 1. The van der Waals surface area contributed by atoms with Crippen LogP contribution in [0.15, 0.2) is 12.3 Å². The molecule has 2 aliphatic heterocycles. The minimum atomic E-state index is -3.35. The number of nitrogens with two attached hydrogens (primary N) is 1. The zero-order valence-corrected chi connectivity index (χ0v) is 12.7. The number of aromatic nitrogens is 2. The molecule has 0 atom stereocenters. The van der Waals surface area contributed by atoms with Crippen molar-refractivity contribution in [2.45, 2.75) is 18.9 Å². The Balaban J connectivity index is 1.62. The van der Waals surface area contributed by atoms with Crippen LogP contribution in [0, 0.1) is 0 Å². The number of ether oxygens (including phenoxy) is 1. The predicted octanol–water partition coefficient (Wildman–Crippen LogP) is -0.321. The molecule has 8 nitrogen and oxygen atoms in total. The van der Waals surface area contributed by atoms with Crippen molar-refractivity contribution in [1.29, 1.82) is 0 Å². The standard InChI is InChI=1S/C12H21N5O3S/c13-12-3-6-17(14-12)11-1-4-15(5-2-11)21(18,19)16-7-9-20-10-8-16/h3,6,11H,1-2,4-5,7-10H2,(H2,13,14). The molecule has 2 N–H and O–H groups in total. The quantitative estimate of drug-likeness (QED) is 0.825. The second-order valence-electron chi connectivity index (χ2n) is 5.37. The minimum Gasteiger partial charge on any atom is -0.382 e. The van der Waals surface area contributed by atoms with Crippen molar-refractivity contribution in [2.24, 2.45) is 0 Å². The SMILES string of the molecule is Nc1ccn(C2CCN(S(=O)(=O)N3CCOCC3)CC2)n1. The third-order valence-corrected chi connectivity index (χ3v) is 6.08. The van der Waals surface area contributed by atoms with Gasteiger partial charge >= 0.3 is 0 Å². The van der Waals surface area contributed by atoms with Gasteiger partial charge in [-0.25, -0.2) is 0 Å². The van der Waals surface area contributed by atoms with Crippen molar-refractivity contribution >= 4 is 16.0 Å². The molecule has 0 radical (unpaired) electrons. The maximum Gasteiger partial charge on any atom is 0.282 e. The van der Waals surface area contributed by atoms with Crippen LogP contribution in [0.25, 0.3) is 0 Å². The Labute approximate surface area is 124 Å². The van der Waals surface area contributed by atoms with Gasteiger partial charge in [0.05, 0.1) is 19.3 Å². The highest BCUT2D eigenvalue weighted by Gasteiger charge is 2.34. The van der Waals surface area contributed by atoms with Gasteiger partial charge in [-0.05, 0) is 18.9 Å². The third-order valence-electron chi connectivity index (χ3n) is 4.05. The van der Waals surface area contributed by atoms with Crippen LogP contribution >= 0.6 is 0 Å². The topological polar surface area (TPSA) is 93.7 Å². The first kappa shape index (κ1) is 14.8. The second kappa shape index (κ2) is 5.91.